The molecular weight excluding hydrogens is 173 g/mol. The molecule has 4 heteroatoms. The molecule has 0 fully saturated rings. The number of ketones is 1. The summed E-state index contributed by atoms with van der Waals surface area (Å²) in [5.74, 6) is -2.47. The van der Waals surface area contributed by atoms with Gasteiger partial charge in [0.15, 0.2) is 0 Å². The SMILES string of the molecule is CC(C)C(=O)C(=O)O.[Zn]. The molecule has 9 heavy (non-hydrogen) atoms. The first-order chi connectivity index (χ1) is 3.55. The van der Waals surface area contributed by atoms with Crippen LogP contribution in [0.3, 0.4) is 0 Å². The van der Waals surface area contributed by atoms with Crippen molar-refractivity contribution in [1.29, 1.82) is 0 Å². The quantitative estimate of drug-likeness (QED) is 0.492. The van der Waals surface area contributed by atoms with Crippen LogP contribution in [-0.2, 0) is 29.1 Å². The molecule has 0 heterocycles. The number of carboxylic acids is 1. The van der Waals surface area contributed by atoms with E-state index in [0.29, 0.717) is 0 Å². The van der Waals surface area contributed by atoms with Crippen molar-refractivity contribution in [1.82, 2.24) is 0 Å². The Bertz CT molecular complexity index is 119. The smallest absolute Gasteiger partial charge is 0.372 e. The predicted octanol–water partition coefficient (Wildman–Crippen LogP) is 0.294. The maximum atomic E-state index is 10.2. The van der Waals surface area contributed by atoms with Crippen LogP contribution in [0, 0.1) is 5.92 Å². The van der Waals surface area contributed by atoms with Gasteiger partial charge >= 0.3 is 5.97 Å². The molecule has 0 aliphatic rings. The largest absolute Gasteiger partial charge is 0.475 e. The van der Waals surface area contributed by atoms with Crippen LogP contribution in [-0.4, -0.2) is 16.9 Å². The van der Waals surface area contributed by atoms with Crippen LogP contribution >= 0.6 is 0 Å². The maximum Gasteiger partial charge on any atom is 0.372 e. The zero-order valence-electron chi connectivity index (χ0n) is 5.55. The van der Waals surface area contributed by atoms with Gasteiger partial charge in [-0.05, 0) is 0 Å². The third-order valence-electron chi connectivity index (χ3n) is 0.735. The molecular formula is C5H8O3Zn. The second-order valence-electron chi connectivity index (χ2n) is 1.82. The van der Waals surface area contributed by atoms with E-state index in [1.165, 1.54) is 0 Å². The van der Waals surface area contributed by atoms with Gasteiger partial charge in [0.2, 0.25) is 5.78 Å². The first kappa shape index (κ1) is 11.5. The van der Waals surface area contributed by atoms with Crippen LogP contribution in [0.4, 0.5) is 0 Å². The summed E-state index contributed by atoms with van der Waals surface area (Å²) in [6, 6.07) is 0. The Morgan fingerprint density at radius 3 is 1.67 bits per heavy atom. The van der Waals surface area contributed by atoms with Crippen LogP contribution in [0.5, 0.6) is 0 Å². The summed E-state index contributed by atoms with van der Waals surface area (Å²) in [6.07, 6.45) is 0. The van der Waals surface area contributed by atoms with Crippen molar-refractivity contribution < 1.29 is 34.2 Å². The normalized spacial score (nSPS) is 8.33. The molecule has 1 N–H and O–H groups in total. The fourth-order valence-corrected chi connectivity index (χ4v) is 0.247. The first-order valence-corrected chi connectivity index (χ1v) is 2.33. The molecule has 0 aromatic heterocycles. The van der Waals surface area contributed by atoms with Gasteiger partial charge in [0, 0.05) is 25.4 Å². The van der Waals surface area contributed by atoms with Crippen molar-refractivity contribution in [3.8, 4) is 0 Å². The number of carbonyl (C=O) groups is 2. The van der Waals surface area contributed by atoms with Crippen LogP contribution in [0.2, 0.25) is 0 Å². The van der Waals surface area contributed by atoms with Gasteiger partial charge in [0.05, 0.1) is 0 Å². The van der Waals surface area contributed by atoms with Crippen molar-refractivity contribution in [2.75, 3.05) is 0 Å². The van der Waals surface area contributed by atoms with E-state index < -0.39 is 17.7 Å². The summed E-state index contributed by atoms with van der Waals surface area (Å²) >= 11 is 0. The molecule has 0 rings (SSSR count). The molecule has 0 atom stereocenters. The Kier molecular flexibility index (Phi) is 5.93. The van der Waals surface area contributed by atoms with E-state index >= 15 is 0 Å². The number of carbonyl (C=O) groups excluding carboxylic acids is 1. The Hall–Kier alpha value is -0.237. The fourth-order valence-electron chi connectivity index (χ4n) is 0.247. The van der Waals surface area contributed by atoms with Crippen LogP contribution in [0.1, 0.15) is 13.8 Å². The molecule has 0 bridgehead atoms. The molecule has 0 saturated heterocycles. The minimum atomic E-state index is -1.35. The van der Waals surface area contributed by atoms with E-state index in [1.807, 2.05) is 0 Å². The van der Waals surface area contributed by atoms with Crippen LogP contribution < -0.4 is 0 Å². The fraction of sp³-hybridized carbons (Fsp3) is 0.600. The molecule has 0 unspecified atom stereocenters. The van der Waals surface area contributed by atoms with Gasteiger partial charge in [0.25, 0.3) is 0 Å². The van der Waals surface area contributed by atoms with Gasteiger partial charge in [0.1, 0.15) is 0 Å². The van der Waals surface area contributed by atoms with E-state index in [2.05, 4.69) is 0 Å². The summed E-state index contributed by atoms with van der Waals surface area (Å²) in [6.45, 7) is 3.10. The Morgan fingerprint density at radius 1 is 1.33 bits per heavy atom. The Balaban J connectivity index is 0. The van der Waals surface area contributed by atoms with E-state index in [0.717, 1.165) is 0 Å². The molecule has 0 spiro atoms. The van der Waals surface area contributed by atoms with Crippen LogP contribution in [0.25, 0.3) is 0 Å². The Morgan fingerprint density at radius 2 is 1.67 bits per heavy atom. The van der Waals surface area contributed by atoms with E-state index in [-0.39, 0.29) is 19.5 Å². The van der Waals surface area contributed by atoms with Crippen molar-refractivity contribution >= 4 is 11.8 Å². The van der Waals surface area contributed by atoms with E-state index in [9.17, 15) is 9.59 Å². The topological polar surface area (TPSA) is 54.4 Å². The van der Waals surface area contributed by atoms with Crippen molar-refractivity contribution in [3.63, 3.8) is 0 Å². The first-order valence-electron chi connectivity index (χ1n) is 2.33. The number of carboxylic acid groups (broad SMARTS) is 1. The average molecular weight is 182 g/mol. The standard InChI is InChI=1S/C5H8O3.Zn/c1-3(2)4(6)5(7)8;/h3H,1-2H3,(H,7,8);. The molecule has 0 aromatic rings. The molecule has 0 radical (unpaired) electrons. The van der Waals surface area contributed by atoms with Gasteiger partial charge in [-0.2, -0.15) is 0 Å². The van der Waals surface area contributed by atoms with Gasteiger partial charge < -0.3 is 5.11 Å². The number of Topliss-reactive ketones (excluding diaryl/α,β-unsaturated/α-hetero) is 1. The predicted molar refractivity (Wildman–Crippen MR) is 27.5 cm³/mol. The number of hydrogen-bond acceptors (Lipinski definition) is 2. The van der Waals surface area contributed by atoms with Crippen molar-refractivity contribution in [2.45, 2.75) is 13.8 Å². The number of rotatable bonds is 2. The molecule has 3 nitrogen and oxygen atoms in total. The maximum absolute atomic E-state index is 10.2. The van der Waals surface area contributed by atoms with E-state index in [1.54, 1.807) is 13.8 Å². The van der Waals surface area contributed by atoms with Crippen LogP contribution in [0.15, 0.2) is 0 Å². The monoisotopic (exact) mass is 180 g/mol. The van der Waals surface area contributed by atoms with Gasteiger partial charge in [-0.15, -0.1) is 0 Å². The Labute approximate surface area is 66.2 Å². The molecule has 0 aliphatic heterocycles. The molecule has 0 saturated carbocycles. The summed E-state index contributed by atoms with van der Waals surface area (Å²) in [5.41, 5.74) is 0. The number of hydrogen-bond donors (Lipinski definition) is 1. The van der Waals surface area contributed by atoms with Gasteiger partial charge in [-0.1, -0.05) is 13.8 Å². The molecule has 0 aromatic carbocycles. The summed E-state index contributed by atoms with van der Waals surface area (Å²) < 4.78 is 0. The third-order valence-corrected chi connectivity index (χ3v) is 0.735. The zero-order chi connectivity index (χ0) is 6.73. The summed E-state index contributed by atoms with van der Waals surface area (Å²) in [7, 11) is 0. The summed E-state index contributed by atoms with van der Waals surface area (Å²) in [5, 5.41) is 8.00. The van der Waals surface area contributed by atoms with Gasteiger partial charge in [-0.3, -0.25) is 4.79 Å². The summed E-state index contributed by atoms with van der Waals surface area (Å²) in [4.78, 5) is 20.0. The number of aliphatic carboxylic acids is 1. The average Bonchev–Trinajstić information content (AvgIpc) is 1.64. The van der Waals surface area contributed by atoms with E-state index in [4.69, 9.17) is 5.11 Å². The zero-order valence-corrected chi connectivity index (χ0v) is 8.52. The third kappa shape index (κ3) is 4.28. The second-order valence-corrected chi connectivity index (χ2v) is 1.82. The van der Waals surface area contributed by atoms with Crippen molar-refractivity contribution in [2.24, 2.45) is 5.92 Å². The van der Waals surface area contributed by atoms with Crippen molar-refractivity contribution in [3.05, 3.63) is 0 Å². The molecule has 0 aliphatic carbocycles. The molecule has 0 amide bonds. The minimum Gasteiger partial charge on any atom is -0.475 e. The minimum absolute atomic E-state index is 0. The molecule has 48 valence electrons. The van der Waals surface area contributed by atoms with Gasteiger partial charge in [-0.25, -0.2) is 4.79 Å². The second kappa shape index (κ2) is 4.62.